The lowest BCUT2D eigenvalue weighted by atomic mass is 9.42. The van der Waals surface area contributed by atoms with Crippen molar-refractivity contribution < 1.29 is 38.4 Å². The van der Waals surface area contributed by atoms with Crippen molar-refractivity contribution in [3.63, 3.8) is 0 Å². The van der Waals surface area contributed by atoms with E-state index in [1.54, 1.807) is 6.92 Å². The quantitative estimate of drug-likeness (QED) is 0.636. The molecular weight excluding hydrogens is 392 g/mol. The molecule has 2 spiro atoms. The van der Waals surface area contributed by atoms with Crippen LogP contribution in [0.1, 0.15) is 66.2 Å². The monoisotopic (exact) mass is 422 g/mol. The molecule has 5 aliphatic rings. The molecule has 0 aromatic rings. The van der Waals surface area contributed by atoms with Crippen LogP contribution in [0.15, 0.2) is 0 Å². The van der Waals surface area contributed by atoms with Gasteiger partial charge in [-0.05, 0) is 39.5 Å². The van der Waals surface area contributed by atoms with E-state index < -0.39 is 51.8 Å². The number of ether oxygens (including phenoxy) is 4. The van der Waals surface area contributed by atoms with Crippen molar-refractivity contribution >= 4 is 17.7 Å². The SMILES string of the molecule is CC(=O)OC1(C)C(=O)C2OC(=O)C3(C)CCCC(C)(C23)C12CCC1(COC(O)C1)O2. The normalized spacial score (nSPS) is 54.5. The number of carbonyl (C=O) groups excluding carboxylic acids is 3. The predicted molar refractivity (Wildman–Crippen MR) is 101 cm³/mol. The molecule has 0 radical (unpaired) electrons. The van der Waals surface area contributed by atoms with Crippen LogP contribution >= 0.6 is 0 Å². The van der Waals surface area contributed by atoms with Crippen LogP contribution in [0.4, 0.5) is 0 Å². The molecule has 0 aromatic heterocycles. The first-order chi connectivity index (χ1) is 13.9. The number of hydrogen-bond donors (Lipinski definition) is 1. The Bertz CT molecular complexity index is 841. The van der Waals surface area contributed by atoms with Gasteiger partial charge in [0, 0.05) is 24.7 Å². The zero-order valence-corrected chi connectivity index (χ0v) is 18.0. The number of aliphatic hydroxyl groups excluding tert-OH is 1. The lowest BCUT2D eigenvalue weighted by Crippen LogP contribution is -2.77. The topological polar surface area (TPSA) is 108 Å². The van der Waals surface area contributed by atoms with E-state index in [-0.39, 0.29) is 18.5 Å². The number of rotatable bonds is 1. The van der Waals surface area contributed by atoms with Gasteiger partial charge in [-0.15, -0.1) is 0 Å². The van der Waals surface area contributed by atoms with Gasteiger partial charge in [-0.1, -0.05) is 13.3 Å². The summed E-state index contributed by atoms with van der Waals surface area (Å²) in [6, 6.07) is 0. The predicted octanol–water partition coefficient (Wildman–Crippen LogP) is 1.66. The van der Waals surface area contributed by atoms with Crippen molar-refractivity contribution in [2.24, 2.45) is 16.7 Å². The lowest BCUT2D eigenvalue weighted by molar-refractivity contribution is -0.288. The van der Waals surface area contributed by atoms with Crippen molar-refractivity contribution in [2.75, 3.05) is 6.61 Å². The number of ketones is 1. The van der Waals surface area contributed by atoms with Gasteiger partial charge in [-0.2, -0.15) is 0 Å². The molecule has 166 valence electrons. The van der Waals surface area contributed by atoms with E-state index in [2.05, 4.69) is 6.92 Å². The molecular formula is C22H30O8. The molecule has 8 atom stereocenters. The summed E-state index contributed by atoms with van der Waals surface area (Å²) in [5.41, 5.74) is -4.88. The van der Waals surface area contributed by atoms with Crippen molar-refractivity contribution in [3.05, 3.63) is 0 Å². The third kappa shape index (κ3) is 2.15. The van der Waals surface area contributed by atoms with E-state index >= 15 is 0 Å². The summed E-state index contributed by atoms with van der Waals surface area (Å²) in [6.45, 7) is 7.06. The summed E-state index contributed by atoms with van der Waals surface area (Å²) >= 11 is 0. The molecule has 0 amide bonds. The Morgan fingerprint density at radius 1 is 1.13 bits per heavy atom. The highest BCUT2D eigenvalue weighted by atomic mass is 16.7. The maximum absolute atomic E-state index is 13.8. The fraction of sp³-hybridized carbons (Fsp3) is 0.864. The second-order valence-corrected chi connectivity index (χ2v) is 10.6. The zero-order chi connectivity index (χ0) is 21.7. The Hall–Kier alpha value is -1.51. The largest absolute Gasteiger partial charge is 0.453 e. The second kappa shape index (κ2) is 5.84. The molecule has 3 heterocycles. The van der Waals surface area contributed by atoms with Gasteiger partial charge >= 0.3 is 11.9 Å². The van der Waals surface area contributed by atoms with Crippen LogP contribution in [0.2, 0.25) is 0 Å². The highest BCUT2D eigenvalue weighted by Gasteiger charge is 2.82. The van der Waals surface area contributed by atoms with E-state index in [1.165, 1.54) is 6.92 Å². The minimum atomic E-state index is -1.60. The fourth-order valence-corrected chi connectivity index (χ4v) is 7.69. The van der Waals surface area contributed by atoms with Crippen LogP contribution in [0.5, 0.6) is 0 Å². The first-order valence-electron chi connectivity index (χ1n) is 10.9. The molecule has 2 saturated carbocycles. The Balaban J connectivity index is 1.71. The van der Waals surface area contributed by atoms with Gasteiger partial charge in [0.15, 0.2) is 18.0 Å². The van der Waals surface area contributed by atoms with E-state index in [4.69, 9.17) is 18.9 Å². The van der Waals surface area contributed by atoms with Crippen molar-refractivity contribution in [3.8, 4) is 0 Å². The summed E-state index contributed by atoms with van der Waals surface area (Å²) < 4.78 is 23.7. The number of esters is 2. The minimum Gasteiger partial charge on any atom is -0.453 e. The summed E-state index contributed by atoms with van der Waals surface area (Å²) in [4.78, 5) is 38.9. The van der Waals surface area contributed by atoms with E-state index in [9.17, 15) is 19.5 Å². The van der Waals surface area contributed by atoms with Gasteiger partial charge in [-0.25, -0.2) is 0 Å². The highest BCUT2D eigenvalue weighted by Crippen LogP contribution is 2.71. The molecule has 1 N–H and O–H groups in total. The fourth-order valence-electron chi connectivity index (χ4n) is 7.69. The van der Waals surface area contributed by atoms with Crippen molar-refractivity contribution in [2.45, 2.75) is 95.4 Å². The molecule has 3 aliphatic heterocycles. The smallest absolute Gasteiger partial charge is 0.312 e. The molecule has 0 bridgehead atoms. The van der Waals surface area contributed by atoms with Crippen molar-refractivity contribution in [1.29, 1.82) is 0 Å². The van der Waals surface area contributed by atoms with Gasteiger partial charge in [0.25, 0.3) is 0 Å². The van der Waals surface area contributed by atoms with E-state index in [1.807, 2.05) is 6.92 Å². The second-order valence-electron chi connectivity index (χ2n) is 10.6. The molecule has 8 heteroatoms. The van der Waals surface area contributed by atoms with Gasteiger partial charge in [-0.3, -0.25) is 14.4 Å². The number of carbonyl (C=O) groups is 3. The van der Waals surface area contributed by atoms with Crippen molar-refractivity contribution in [1.82, 2.24) is 0 Å². The van der Waals surface area contributed by atoms with Crippen LogP contribution in [0.3, 0.4) is 0 Å². The Kier molecular flexibility index (Phi) is 3.97. The number of fused-ring (bicyclic) bond motifs is 1. The minimum absolute atomic E-state index is 0.219. The number of aliphatic hydroxyl groups is 1. The number of hydrogen-bond acceptors (Lipinski definition) is 8. The van der Waals surface area contributed by atoms with Crippen LogP contribution in [-0.4, -0.2) is 58.6 Å². The molecule has 8 unspecified atom stereocenters. The van der Waals surface area contributed by atoms with Crippen LogP contribution in [0, 0.1) is 16.7 Å². The summed E-state index contributed by atoms with van der Waals surface area (Å²) in [5.74, 6) is -1.70. The Labute approximate surface area is 175 Å². The first kappa shape index (κ1) is 20.4. The number of Topliss-reactive ketones (excluding diaryl/α,β-unsaturated/α-hetero) is 1. The maximum atomic E-state index is 13.8. The van der Waals surface area contributed by atoms with E-state index in [0.29, 0.717) is 25.7 Å². The molecule has 2 aliphatic carbocycles. The zero-order valence-electron chi connectivity index (χ0n) is 18.0. The molecule has 5 fully saturated rings. The first-order valence-corrected chi connectivity index (χ1v) is 10.9. The highest BCUT2D eigenvalue weighted by molar-refractivity contribution is 6.00. The average Bonchev–Trinajstić information content (AvgIpc) is 3.29. The van der Waals surface area contributed by atoms with Gasteiger partial charge in [0.2, 0.25) is 5.78 Å². The standard InChI is InChI=1S/C22H30O8/c1-12(23)29-20(4)16(25)14-15-18(2,17(26)28-14)6-5-7-19(15,3)22(20)9-8-21(30-22)10-13(24)27-11-21/h13-15,24H,5-11H2,1-4H3. The summed E-state index contributed by atoms with van der Waals surface area (Å²) in [7, 11) is 0. The maximum Gasteiger partial charge on any atom is 0.312 e. The van der Waals surface area contributed by atoms with Crippen LogP contribution in [0.25, 0.3) is 0 Å². The molecule has 8 nitrogen and oxygen atoms in total. The average molecular weight is 422 g/mol. The molecule has 3 saturated heterocycles. The van der Waals surface area contributed by atoms with Crippen LogP contribution in [-0.2, 0) is 33.3 Å². The van der Waals surface area contributed by atoms with E-state index in [0.717, 1.165) is 12.8 Å². The van der Waals surface area contributed by atoms with Gasteiger partial charge in [0.1, 0.15) is 5.60 Å². The van der Waals surface area contributed by atoms with Crippen LogP contribution < -0.4 is 0 Å². The Morgan fingerprint density at radius 3 is 2.50 bits per heavy atom. The lowest BCUT2D eigenvalue weighted by Gasteiger charge is -2.64. The molecule has 0 aromatic carbocycles. The summed E-state index contributed by atoms with van der Waals surface area (Å²) in [6.07, 6.45) is 1.65. The third-order valence-corrected chi connectivity index (χ3v) is 8.95. The third-order valence-electron chi connectivity index (χ3n) is 8.95. The summed E-state index contributed by atoms with van der Waals surface area (Å²) in [5, 5.41) is 10.0. The Morgan fingerprint density at radius 2 is 1.87 bits per heavy atom. The molecule has 30 heavy (non-hydrogen) atoms. The van der Waals surface area contributed by atoms with Gasteiger partial charge in [0.05, 0.1) is 17.6 Å². The molecule has 5 rings (SSSR count). The van der Waals surface area contributed by atoms with Gasteiger partial charge < -0.3 is 24.1 Å².